The maximum absolute atomic E-state index is 11.7. The number of aliphatic carboxylic acids is 1. The average molecular weight is 228 g/mol. The number of hydrogen-bond acceptors (Lipinski definition) is 3. The van der Waals surface area contributed by atoms with Crippen molar-refractivity contribution < 1.29 is 27.9 Å². The number of carboxylic acids is 1. The zero-order chi connectivity index (χ0) is 12.2. The number of alkyl halides is 3. The summed E-state index contributed by atoms with van der Waals surface area (Å²) in [5, 5.41) is 10.1. The molecule has 0 unspecified atom stereocenters. The number of amides is 1. The van der Waals surface area contributed by atoms with E-state index >= 15 is 0 Å². The zero-order valence-corrected chi connectivity index (χ0v) is 8.13. The van der Waals surface area contributed by atoms with Gasteiger partial charge in [0.15, 0.2) is 0 Å². The lowest BCUT2D eigenvalue weighted by atomic mass is 10.2. The van der Waals surface area contributed by atoms with Crippen molar-refractivity contribution in [3.63, 3.8) is 0 Å². The van der Waals surface area contributed by atoms with E-state index in [-0.39, 0.29) is 0 Å². The van der Waals surface area contributed by atoms with Crippen LogP contribution in [0.2, 0.25) is 0 Å². The third-order valence-electron chi connectivity index (χ3n) is 1.62. The van der Waals surface area contributed by atoms with Crippen molar-refractivity contribution >= 4 is 11.9 Å². The number of hydrogen-bond donors (Lipinski definition) is 2. The van der Waals surface area contributed by atoms with E-state index in [1.807, 2.05) is 0 Å². The zero-order valence-electron chi connectivity index (χ0n) is 8.13. The van der Waals surface area contributed by atoms with Gasteiger partial charge in [-0.25, -0.2) is 0 Å². The number of nitrogens with one attached hydrogen (secondary N) is 1. The van der Waals surface area contributed by atoms with Crippen LogP contribution in [0.1, 0.15) is 0 Å². The fourth-order valence-electron chi connectivity index (χ4n) is 0.780. The van der Waals surface area contributed by atoms with Crippen LogP contribution in [0.15, 0.2) is 0 Å². The second-order valence-electron chi connectivity index (χ2n) is 3.03. The Hall–Kier alpha value is -1.31. The number of likely N-dealkylation sites (N-methyl/N-ethyl adjacent to an activating group) is 1. The average Bonchev–Trinajstić information content (AvgIpc) is 2.00. The van der Waals surface area contributed by atoms with Crippen molar-refractivity contribution in [3.05, 3.63) is 0 Å². The number of carbonyl (C=O) groups excluding carboxylic acids is 1. The Morgan fingerprint density at radius 3 is 2.13 bits per heavy atom. The minimum Gasteiger partial charge on any atom is -0.480 e. The molecule has 1 amide bonds. The Balaban J connectivity index is 4.24. The van der Waals surface area contributed by atoms with Crippen molar-refractivity contribution in [3.8, 4) is 0 Å². The lowest BCUT2D eigenvalue weighted by Crippen LogP contribution is -2.48. The van der Waals surface area contributed by atoms with Gasteiger partial charge >= 0.3 is 18.1 Å². The molecule has 5 nitrogen and oxygen atoms in total. The highest BCUT2D eigenvalue weighted by Gasteiger charge is 2.39. The van der Waals surface area contributed by atoms with Gasteiger partial charge in [0.05, 0.1) is 0 Å². The summed E-state index contributed by atoms with van der Waals surface area (Å²) in [4.78, 5) is 22.1. The highest BCUT2D eigenvalue weighted by molar-refractivity contribution is 5.82. The summed E-state index contributed by atoms with van der Waals surface area (Å²) in [7, 11) is 2.77. The Morgan fingerprint density at radius 1 is 1.40 bits per heavy atom. The molecule has 8 heteroatoms. The fourth-order valence-corrected chi connectivity index (χ4v) is 0.780. The van der Waals surface area contributed by atoms with Gasteiger partial charge < -0.3 is 10.4 Å². The summed E-state index contributed by atoms with van der Waals surface area (Å²) in [6, 6.07) is -1.18. The van der Waals surface area contributed by atoms with Gasteiger partial charge in [-0.15, -0.1) is 0 Å². The molecule has 0 rings (SSSR count). The van der Waals surface area contributed by atoms with Crippen LogP contribution in [0.4, 0.5) is 13.2 Å². The van der Waals surface area contributed by atoms with E-state index in [1.54, 1.807) is 0 Å². The first-order valence-corrected chi connectivity index (χ1v) is 3.90. The molecule has 0 aliphatic rings. The first kappa shape index (κ1) is 13.7. The number of halogens is 3. The molecule has 0 bridgehead atoms. The summed E-state index contributed by atoms with van der Waals surface area (Å²) < 4.78 is 35.2. The molecule has 0 aromatic carbocycles. The van der Waals surface area contributed by atoms with Crippen LogP contribution in [0.25, 0.3) is 0 Å². The van der Waals surface area contributed by atoms with E-state index < -0.39 is 30.6 Å². The Morgan fingerprint density at radius 2 is 1.87 bits per heavy atom. The topological polar surface area (TPSA) is 69.6 Å². The minimum atomic E-state index is -4.99. The highest BCUT2D eigenvalue weighted by atomic mass is 19.4. The van der Waals surface area contributed by atoms with E-state index in [9.17, 15) is 22.8 Å². The van der Waals surface area contributed by atoms with Gasteiger partial charge in [0.2, 0.25) is 0 Å². The van der Waals surface area contributed by atoms with Crippen molar-refractivity contribution in [2.75, 3.05) is 20.6 Å². The molecular weight excluding hydrogens is 217 g/mol. The van der Waals surface area contributed by atoms with Crippen LogP contribution in [0.5, 0.6) is 0 Å². The fraction of sp³-hybridized carbons (Fsp3) is 0.714. The third-order valence-corrected chi connectivity index (χ3v) is 1.62. The normalized spacial score (nSPS) is 13.7. The first-order valence-electron chi connectivity index (χ1n) is 3.90. The predicted molar refractivity (Wildman–Crippen MR) is 44.2 cm³/mol. The lowest BCUT2D eigenvalue weighted by molar-refractivity contribution is -0.174. The molecule has 0 aliphatic heterocycles. The van der Waals surface area contributed by atoms with Crippen LogP contribution in [0, 0.1) is 0 Å². The number of carbonyl (C=O) groups is 2. The van der Waals surface area contributed by atoms with Gasteiger partial charge in [0.25, 0.3) is 0 Å². The number of carboxylic acid groups (broad SMARTS) is 1. The quantitative estimate of drug-likeness (QED) is 0.691. The summed E-state index contributed by atoms with van der Waals surface area (Å²) in [6.07, 6.45) is -4.99. The number of rotatable bonds is 4. The van der Waals surface area contributed by atoms with Gasteiger partial charge in [0.1, 0.15) is 6.04 Å². The molecule has 0 saturated heterocycles. The standard InChI is InChI=1S/C7H11F3N2O3/c1-12(2)4(5(13)14)3-11-6(15)7(8,9)10/h4H,3H2,1-2H3,(H,11,15)(H,13,14)/t4-/m0/s1. The van der Waals surface area contributed by atoms with Crippen LogP contribution < -0.4 is 5.32 Å². The Labute approximate surface area is 83.9 Å². The van der Waals surface area contributed by atoms with Crippen molar-refractivity contribution in [1.82, 2.24) is 10.2 Å². The van der Waals surface area contributed by atoms with E-state index in [0.29, 0.717) is 0 Å². The monoisotopic (exact) mass is 228 g/mol. The van der Waals surface area contributed by atoms with Gasteiger partial charge in [-0.1, -0.05) is 0 Å². The van der Waals surface area contributed by atoms with E-state index in [4.69, 9.17) is 5.11 Å². The van der Waals surface area contributed by atoms with Gasteiger partial charge in [-0.2, -0.15) is 13.2 Å². The van der Waals surface area contributed by atoms with Crippen LogP contribution in [-0.4, -0.2) is 54.7 Å². The Kier molecular flexibility index (Phi) is 4.53. The van der Waals surface area contributed by atoms with Crippen molar-refractivity contribution in [1.29, 1.82) is 0 Å². The smallest absolute Gasteiger partial charge is 0.471 e. The molecule has 0 spiro atoms. The molecule has 0 aromatic rings. The lowest BCUT2D eigenvalue weighted by Gasteiger charge is -2.20. The summed E-state index contributed by atoms with van der Waals surface area (Å²) in [5.41, 5.74) is 0. The number of nitrogens with zero attached hydrogens (tertiary/aromatic N) is 1. The van der Waals surface area contributed by atoms with Crippen molar-refractivity contribution in [2.24, 2.45) is 0 Å². The molecule has 0 heterocycles. The second kappa shape index (κ2) is 4.96. The summed E-state index contributed by atoms with van der Waals surface area (Å²) >= 11 is 0. The SMILES string of the molecule is CN(C)[C@@H](CNC(=O)C(F)(F)F)C(=O)O. The predicted octanol–water partition coefficient (Wildman–Crippen LogP) is -0.320. The molecule has 0 fully saturated rings. The molecule has 2 N–H and O–H groups in total. The Bertz CT molecular complexity index is 252. The molecule has 88 valence electrons. The molecule has 0 radical (unpaired) electrons. The maximum atomic E-state index is 11.7. The van der Waals surface area contributed by atoms with E-state index in [0.717, 1.165) is 0 Å². The molecule has 0 saturated carbocycles. The third kappa shape index (κ3) is 4.63. The largest absolute Gasteiger partial charge is 0.480 e. The van der Waals surface area contributed by atoms with Crippen LogP contribution >= 0.6 is 0 Å². The minimum absolute atomic E-state index is 0.597. The summed E-state index contributed by atoms with van der Waals surface area (Å²) in [6.45, 7) is -0.597. The molecule has 0 aromatic heterocycles. The second-order valence-corrected chi connectivity index (χ2v) is 3.03. The first-order chi connectivity index (χ1) is 6.66. The molecule has 1 atom stereocenters. The molecular formula is C7H11F3N2O3. The van der Waals surface area contributed by atoms with E-state index in [2.05, 4.69) is 0 Å². The summed E-state index contributed by atoms with van der Waals surface area (Å²) in [5.74, 6) is -3.45. The van der Waals surface area contributed by atoms with Gasteiger partial charge in [-0.3, -0.25) is 14.5 Å². The molecule has 15 heavy (non-hydrogen) atoms. The van der Waals surface area contributed by atoms with Crippen molar-refractivity contribution in [2.45, 2.75) is 12.2 Å². The molecule has 0 aliphatic carbocycles. The maximum Gasteiger partial charge on any atom is 0.471 e. The van der Waals surface area contributed by atoms with Crippen LogP contribution in [-0.2, 0) is 9.59 Å². The van der Waals surface area contributed by atoms with Gasteiger partial charge in [-0.05, 0) is 14.1 Å². The van der Waals surface area contributed by atoms with Gasteiger partial charge in [0, 0.05) is 6.54 Å². The van der Waals surface area contributed by atoms with Crippen LogP contribution in [0.3, 0.4) is 0 Å². The highest BCUT2D eigenvalue weighted by Crippen LogP contribution is 2.13. The van der Waals surface area contributed by atoms with E-state index in [1.165, 1.54) is 24.3 Å².